The Kier molecular flexibility index (Phi) is 6.17. The molecule has 1 atom stereocenters. The zero-order valence-corrected chi connectivity index (χ0v) is 17.3. The van der Waals surface area contributed by atoms with Crippen molar-refractivity contribution in [3.63, 3.8) is 0 Å². The molecule has 0 aliphatic rings. The average molecular weight is 397 g/mol. The molecule has 1 heteroatoms. The lowest BCUT2D eigenvalue weighted by Crippen LogP contribution is -2.03. The van der Waals surface area contributed by atoms with E-state index in [-0.39, 0.29) is 0 Å². The van der Waals surface area contributed by atoms with Crippen LogP contribution in [0, 0.1) is 5.92 Å². The summed E-state index contributed by atoms with van der Waals surface area (Å²) in [7, 11) is 0. The first kappa shape index (κ1) is 18.5. The molecule has 0 fully saturated rings. The number of benzene rings is 3. The second kappa shape index (κ2) is 8.36. The number of rotatable bonds is 7. The molecule has 3 aromatic rings. The van der Waals surface area contributed by atoms with Gasteiger partial charge in [0.2, 0.25) is 0 Å². The molecule has 3 rings (SSSR count). The molecule has 0 aliphatic carbocycles. The van der Waals surface area contributed by atoms with Crippen LogP contribution in [0.4, 0.5) is 0 Å². The Morgan fingerprint density at radius 1 is 0.880 bits per heavy atom. The normalized spacial score (nSPS) is 12.8. The highest BCUT2D eigenvalue weighted by Crippen LogP contribution is 2.37. The average Bonchev–Trinajstić information content (AvgIpc) is 2.66. The summed E-state index contributed by atoms with van der Waals surface area (Å²) in [6.07, 6.45) is 7.54. The summed E-state index contributed by atoms with van der Waals surface area (Å²) < 4.78 is 1.25. The van der Waals surface area contributed by atoms with Crippen LogP contribution in [-0.4, -0.2) is 0 Å². The van der Waals surface area contributed by atoms with Gasteiger partial charge < -0.3 is 0 Å². The van der Waals surface area contributed by atoms with Crippen molar-refractivity contribution in [3.05, 3.63) is 58.1 Å². The smallest absolute Gasteiger partial charge is 0.0332 e. The fourth-order valence-corrected chi connectivity index (χ4v) is 4.72. The van der Waals surface area contributed by atoms with Crippen LogP contribution in [0.1, 0.15) is 57.6 Å². The lowest BCUT2D eigenvalue weighted by Gasteiger charge is -2.17. The third kappa shape index (κ3) is 3.77. The number of hydrogen-bond donors (Lipinski definition) is 0. The first-order chi connectivity index (χ1) is 12.2. The summed E-state index contributed by atoms with van der Waals surface area (Å²) in [6, 6.07) is 15.9. The monoisotopic (exact) mass is 396 g/mol. The van der Waals surface area contributed by atoms with E-state index in [1.807, 2.05) is 0 Å². The number of hydrogen-bond acceptors (Lipinski definition) is 0. The molecular weight excluding hydrogens is 368 g/mol. The third-order valence-electron chi connectivity index (χ3n) is 5.56. The predicted molar refractivity (Wildman–Crippen MR) is 116 cm³/mol. The summed E-state index contributed by atoms with van der Waals surface area (Å²) in [5, 5.41) is 5.49. The van der Waals surface area contributed by atoms with Gasteiger partial charge in [-0.2, -0.15) is 0 Å². The Morgan fingerprint density at radius 2 is 1.60 bits per heavy atom. The van der Waals surface area contributed by atoms with E-state index >= 15 is 0 Å². The van der Waals surface area contributed by atoms with Crippen LogP contribution in [0.5, 0.6) is 0 Å². The molecule has 0 saturated heterocycles. The van der Waals surface area contributed by atoms with Crippen LogP contribution < -0.4 is 0 Å². The molecule has 0 aliphatic heterocycles. The van der Waals surface area contributed by atoms with Crippen LogP contribution in [0.25, 0.3) is 21.5 Å². The second-order valence-corrected chi connectivity index (χ2v) is 7.99. The molecule has 0 spiro atoms. The van der Waals surface area contributed by atoms with Gasteiger partial charge in [0.05, 0.1) is 0 Å². The molecule has 132 valence electrons. The maximum atomic E-state index is 3.91. The molecule has 0 nitrogen and oxygen atoms in total. The highest BCUT2D eigenvalue weighted by atomic mass is 79.9. The van der Waals surface area contributed by atoms with Crippen molar-refractivity contribution in [1.29, 1.82) is 0 Å². The minimum Gasteiger partial charge on any atom is -0.0654 e. The van der Waals surface area contributed by atoms with E-state index in [1.165, 1.54) is 69.2 Å². The van der Waals surface area contributed by atoms with Gasteiger partial charge in [0.15, 0.2) is 0 Å². The Hall–Kier alpha value is -1.34. The highest BCUT2D eigenvalue weighted by molar-refractivity contribution is 9.10. The van der Waals surface area contributed by atoms with Gasteiger partial charge in [0, 0.05) is 4.47 Å². The summed E-state index contributed by atoms with van der Waals surface area (Å²) in [5.74, 6) is 0.808. The molecule has 3 aromatic carbocycles. The maximum Gasteiger partial charge on any atom is 0.0332 e. The van der Waals surface area contributed by atoms with Gasteiger partial charge in [0.25, 0.3) is 0 Å². The molecule has 25 heavy (non-hydrogen) atoms. The minimum atomic E-state index is 0.808. The summed E-state index contributed by atoms with van der Waals surface area (Å²) in [5.41, 5.74) is 2.95. The van der Waals surface area contributed by atoms with Gasteiger partial charge in [-0.1, -0.05) is 82.9 Å². The van der Waals surface area contributed by atoms with Gasteiger partial charge in [-0.3, -0.25) is 0 Å². The molecule has 0 bridgehead atoms. The van der Waals surface area contributed by atoms with Crippen molar-refractivity contribution in [2.24, 2.45) is 5.92 Å². The van der Waals surface area contributed by atoms with E-state index in [0.717, 1.165) is 12.3 Å². The molecule has 0 aromatic heterocycles. The molecule has 0 saturated carbocycles. The Balaban J connectivity index is 2.08. The topological polar surface area (TPSA) is 0 Å². The van der Waals surface area contributed by atoms with E-state index < -0.39 is 0 Å². The van der Waals surface area contributed by atoms with Crippen molar-refractivity contribution in [1.82, 2.24) is 0 Å². The third-order valence-corrected chi connectivity index (χ3v) is 6.41. The van der Waals surface area contributed by atoms with Crippen molar-refractivity contribution in [3.8, 4) is 0 Å². The molecule has 0 heterocycles. The SMILES string of the molecule is CCCCC(CC)Cc1ccc2c(CC)c3ccccc3c(Br)c2c1. The Bertz CT molecular complexity index is 863. The summed E-state index contributed by atoms with van der Waals surface area (Å²) in [6.45, 7) is 6.89. The zero-order valence-electron chi connectivity index (χ0n) is 15.7. The molecule has 0 amide bonds. The van der Waals surface area contributed by atoms with Crippen LogP contribution in [-0.2, 0) is 12.8 Å². The van der Waals surface area contributed by atoms with E-state index in [0.29, 0.717) is 0 Å². The van der Waals surface area contributed by atoms with Gasteiger partial charge in [-0.05, 0) is 73.4 Å². The minimum absolute atomic E-state index is 0.808. The van der Waals surface area contributed by atoms with Crippen molar-refractivity contribution < 1.29 is 0 Å². The number of unbranched alkanes of at least 4 members (excludes halogenated alkanes) is 1. The Morgan fingerprint density at radius 3 is 2.28 bits per heavy atom. The second-order valence-electron chi connectivity index (χ2n) is 7.19. The summed E-state index contributed by atoms with van der Waals surface area (Å²) >= 11 is 3.91. The number of fused-ring (bicyclic) bond motifs is 2. The number of halogens is 1. The standard InChI is InChI=1S/C24H29Br/c1-4-7-10-17(5-2)15-18-13-14-21-19(6-3)20-11-8-9-12-22(20)24(25)23(21)16-18/h8-9,11-14,16-17H,4-7,10,15H2,1-3H3. The van der Waals surface area contributed by atoms with E-state index in [4.69, 9.17) is 0 Å². The van der Waals surface area contributed by atoms with Crippen molar-refractivity contribution >= 4 is 37.5 Å². The quantitative estimate of drug-likeness (QED) is 0.354. The first-order valence-electron chi connectivity index (χ1n) is 9.81. The van der Waals surface area contributed by atoms with Crippen LogP contribution >= 0.6 is 15.9 Å². The fraction of sp³-hybridized carbons (Fsp3) is 0.417. The summed E-state index contributed by atoms with van der Waals surface area (Å²) in [4.78, 5) is 0. The van der Waals surface area contributed by atoms with Crippen molar-refractivity contribution in [2.75, 3.05) is 0 Å². The fourth-order valence-electron chi connectivity index (χ4n) is 4.05. The van der Waals surface area contributed by atoms with Crippen LogP contribution in [0.3, 0.4) is 0 Å². The largest absolute Gasteiger partial charge is 0.0654 e. The molecule has 0 radical (unpaired) electrons. The lowest BCUT2D eigenvalue weighted by atomic mass is 9.89. The maximum absolute atomic E-state index is 3.91. The number of aryl methyl sites for hydroxylation is 1. The van der Waals surface area contributed by atoms with Crippen LogP contribution in [0.2, 0.25) is 0 Å². The first-order valence-corrected chi connectivity index (χ1v) is 10.6. The van der Waals surface area contributed by atoms with Crippen LogP contribution in [0.15, 0.2) is 46.9 Å². The van der Waals surface area contributed by atoms with Gasteiger partial charge >= 0.3 is 0 Å². The zero-order chi connectivity index (χ0) is 17.8. The van der Waals surface area contributed by atoms with E-state index in [1.54, 1.807) is 0 Å². The van der Waals surface area contributed by atoms with E-state index in [9.17, 15) is 0 Å². The predicted octanol–water partition coefficient (Wildman–Crippen LogP) is 8.08. The molecule has 0 N–H and O–H groups in total. The Labute approximate surface area is 160 Å². The lowest BCUT2D eigenvalue weighted by molar-refractivity contribution is 0.449. The van der Waals surface area contributed by atoms with Gasteiger partial charge in [-0.15, -0.1) is 0 Å². The van der Waals surface area contributed by atoms with E-state index in [2.05, 4.69) is 79.2 Å². The van der Waals surface area contributed by atoms with Gasteiger partial charge in [0.1, 0.15) is 0 Å². The van der Waals surface area contributed by atoms with Gasteiger partial charge in [-0.25, -0.2) is 0 Å². The highest BCUT2D eigenvalue weighted by Gasteiger charge is 2.13. The van der Waals surface area contributed by atoms with Crippen molar-refractivity contribution in [2.45, 2.75) is 59.3 Å². The molecule has 1 unspecified atom stereocenters. The molecular formula is C24H29Br.